The molecule has 1 aliphatic heterocycles. The first-order valence-corrected chi connectivity index (χ1v) is 15.1. The van der Waals surface area contributed by atoms with E-state index < -0.39 is 28.5 Å². The number of nitrogens with zero attached hydrogens (tertiary/aromatic N) is 2. The van der Waals surface area contributed by atoms with E-state index in [9.17, 15) is 18.0 Å². The first kappa shape index (κ1) is 28.5. The van der Waals surface area contributed by atoms with Crippen molar-refractivity contribution in [1.82, 2.24) is 10.2 Å². The number of carbonyl (C=O) groups is 2. The van der Waals surface area contributed by atoms with Gasteiger partial charge in [-0.1, -0.05) is 31.9 Å². The van der Waals surface area contributed by atoms with Crippen molar-refractivity contribution in [3.8, 4) is 17.2 Å². The van der Waals surface area contributed by atoms with Crippen molar-refractivity contribution in [3.63, 3.8) is 0 Å². The highest BCUT2D eigenvalue weighted by Gasteiger charge is 2.33. The Hall–Kier alpha value is -3.47. The van der Waals surface area contributed by atoms with Crippen molar-refractivity contribution in [2.75, 3.05) is 37.4 Å². The highest BCUT2D eigenvalue weighted by molar-refractivity contribution is 7.92. The molecule has 2 aromatic carbocycles. The Labute approximate surface area is 230 Å². The van der Waals surface area contributed by atoms with Gasteiger partial charge in [-0.05, 0) is 49.1 Å². The Kier molecular flexibility index (Phi) is 9.21. The van der Waals surface area contributed by atoms with Crippen molar-refractivity contribution in [1.29, 1.82) is 0 Å². The molecule has 10 nitrogen and oxygen atoms in total. The van der Waals surface area contributed by atoms with Crippen LogP contribution in [0.5, 0.6) is 17.2 Å². The molecule has 0 saturated heterocycles. The molecule has 0 bridgehead atoms. The number of benzene rings is 2. The standard InChI is InChI=1S/C28H37N3O7S/c1-4-24(28(33)29-21-9-5-6-10-21)30(18-20-8-7-11-23(16-20)36-2)27(32)19-31(39(3,34)35)22-12-13-25-26(17-22)38-15-14-37-25/h7-8,11-13,16-17,21,24H,4-6,9-10,14-15,18-19H2,1-3H3,(H,29,33)/t24-/m0/s1. The molecule has 1 atom stereocenters. The molecule has 0 spiro atoms. The Morgan fingerprint density at radius 3 is 2.46 bits per heavy atom. The number of hydrogen-bond donors (Lipinski definition) is 1. The lowest BCUT2D eigenvalue weighted by Crippen LogP contribution is -2.53. The average molecular weight is 560 g/mol. The van der Waals surface area contributed by atoms with Gasteiger partial charge in [0.15, 0.2) is 11.5 Å². The van der Waals surface area contributed by atoms with Gasteiger partial charge in [0.25, 0.3) is 0 Å². The number of carbonyl (C=O) groups excluding carboxylic acids is 2. The topological polar surface area (TPSA) is 114 Å². The van der Waals surface area contributed by atoms with E-state index in [1.54, 1.807) is 37.4 Å². The third-order valence-corrected chi connectivity index (χ3v) is 8.21. The van der Waals surface area contributed by atoms with E-state index >= 15 is 0 Å². The Morgan fingerprint density at radius 2 is 1.79 bits per heavy atom. The molecular weight excluding hydrogens is 522 g/mol. The van der Waals surface area contributed by atoms with Gasteiger partial charge >= 0.3 is 0 Å². The fraction of sp³-hybridized carbons (Fsp3) is 0.500. The van der Waals surface area contributed by atoms with E-state index in [0.29, 0.717) is 36.9 Å². The van der Waals surface area contributed by atoms with Crippen LogP contribution in [-0.4, -0.2) is 70.3 Å². The lowest BCUT2D eigenvalue weighted by Gasteiger charge is -2.33. The number of amides is 2. The minimum atomic E-state index is -3.86. The molecule has 1 fully saturated rings. The number of methoxy groups -OCH3 is 1. The molecule has 1 aliphatic carbocycles. The van der Waals surface area contributed by atoms with Gasteiger partial charge in [0.2, 0.25) is 21.8 Å². The molecule has 2 amide bonds. The summed E-state index contributed by atoms with van der Waals surface area (Å²) in [6, 6.07) is 11.3. The van der Waals surface area contributed by atoms with Gasteiger partial charge < -0.3 is 24.4 Å². The number of sulfonamides is 1. The molecule has 39 heavy (non-hydrogen) atoms. The van der Waals surface area contributed by atoms with Gasteiger partial charge in [0.05, 0.1) is 19.1 Å². The monoisotopic (exact) mass is 559 g/mol. The van der Waals surface area contributed by atoms with Crippen LogP contribution in [0.4, 0.5) is 5.69 Å². The molecule has 0 unspecified atom stereocenters. The number of rotatable bonds is 11. The van der Waals surface area contributed by atoms with Crippen LogP contribution in [0.3, 0.4) is 0 Å². The number of hydrogen-bond acceptors (Lipinski definition) is 7. The zero-order valence-electron chi connectivity index (χ0n) is 22.7. The minimum Gasteiger partial charge on any atom is -0.497 e. The van der Waals surface area contributed by atoms with Crippen molar-refractivity contribution in [2.45, 2.75) is 57.7 Å². The van der Waals surface area contributed by atoms with Crippen LogP contribution in [0, 0.1) is 0 Å². The first-order valence-electron chi connectivity index (χ1n) is 13.3. The smallest absolute Gasteiger partial charge is 0.244 e. The van der Waals surface area contributed by atoms with E-state index in [2.05, 4.69) is 5.32 Å². The summed E-state index contributed by atoms with van der Waals surface area (Å²) in [5.74, 6) is 0.823. The number of ether oxygens (including phenoxy) is 3. The normalized spacial score (nSPS) is 15.9. The van der Waals surface area contributed by atoms with Gasteiger partial charge in [-0.2, -0.15) is 0 Å². The maximum Gasteiger partial charge on any atom is 0.244 e. The summed E-state index contributed by atoms with van der Waals surface area (Å²) in [6.07, 6.45) is 5.38. The summed E-state index contributed by atoms with van der Waals surface area (Å²) >= 11 is 0. The number of fused-ring (bicyclic) bond motifs is 1. The summed E-state index contributed by atoms with van der Waals surface area (Å²) in [4.78, 5) is 28.8. The Balaban J connectivity index is 1.64. The van der Waals surface area contributed by atoms with Gasteiger partial charge in [0.1, 0.15) is 31.5 Å². The van der Waals surface area contributed by atoms with E-state index in [4.69, 9.17) is 14.2 Å². The Morgan fingerprint density at radius 1 is 1.08 bits per heavy atom. The van der Waals surface area contributed by atoms with Crippen LogP contribution < -0.4 is 23.8 Å². The van der Waals surface area contributed by atoms with Crippen molar-refractivity contribution in [2.24, 2.45) is 0 Å². The van der Waals surface area contributed by atoms with Crippen LogP contribution >= 0.6 is 0 Å². The number of nitrogens with one attached hydrogen (secondary N) is 1. The predicted molar refractivity (Wildman–Crippen MR) is 148 cm³/mol. The second-order valence-electron chi connectivity index (χ2n) is 9.88. The minimum absolute atomic E-state index is 0.0885. The van der Waals surface area contributed by atoms with E-state index in [0.717, 1.165) is 41.8 Å². The van der Waals surface area contributed by atoms with Gasteiger partial charge in [-0.15, -0.1) is 0 Å². The van der Waals surface area contributed by atoms with Gasteiger partial charge in [-0.3, -0.25) is 13.9 Å². The summed E-state index contributed by atoms with van der Waals surface area (Å²) < 4.78 is 43.3. The van der Waals surface area contributed by atoms with Crippen LogP contribution in [0.1, 0.15) is 44.6 Å². The Bertz CT molecular complexity index is 1280. The highest BCUT2D eigenvalue weighted by Crippen LogP contribution is 2.35. The molecule has 4 rings (SSSR count). The number of anilines is 1. The lowest BCUT2D eigenvalue weighted by molar-refractivity contribution is -0.140. The molecule has 2 aromatic rings. The fourth-order valence-corrected chi connectivity index (χ4v) is 5.90. The maximum atomic E-state index is 13.9. The summed E-state index contributed by atoms with van der Waals surface area (Å²) in [5, 5.41) is 3.10. The third-order valence-electron chi connectivity index (χ3n) is 7.07. The van der Waals surface area contributed by atoms with Gasteiger partial charge in [-0.25, -0.2) is 8.42 Å². The van der Waals surface area contributed by atoms with Crippen molar-refractivity contribution in [3.05, 3.63) is 48.0 Å². The molecule has 11 heteroatoms. The molecule has 1 saturated carbocycles. The van der Waals surface area contributed by atoms with Crippen LogP contribution in [0.2, 0.25) is 0 Å². The van der Waals surface area contributed by atoms with Crippen LogP contribution in [0.25, 0.3) is 0 Å². The second kappa shape index (κ2) is 12.6. The zero-order valence-corrected chi connectivity index (χ0v) is 23.5. The third kappa shape index (κ3) is 7.14. The molecule has 1 heterocycles. The molecule has 1 N–H and O–H groups in total. The van der Waals surface area contributed by atoms with Crippen molar-refractivity contribution >= 4 is 27.5 Å². The maximum absolute atomic E-state index is 13.9. The molecule has 0 aromatic heterocycles. The molecule has 0 radical (unpaired) electrons. The van der Waals surface area contributed by atoms with E-state index in [1.807, 2.05) is 19.1 Å². The van der Waals surface area contributed by atoms with Crippen LogP contribution in [0.15, 0.2) is 42.5 Å². The summed E-state index contributed by atoms with van der Waals surface area (Å²) in [5.41, 5.74) is 1.04. The van der Waals surface area contributed by atoms with Gasteiger partial charge in [0, 0.05) is 18.7 Å². The molecular formula is C28H37N3O7S. The zero-order chi connectivity index (χ0) is 28.0. The summed E-state index contributed by atoms with van der Waals surface area (Å²) in [6.45, 7) is 2.24. The fourth-order valence-electron chi connectivity index (χ4n) is 5.06. The van der Waals surface area contributed by atoms with Crippen LogP contribution in [-0.2, 0) is 26.2 Å². The lowest BCUT2D eigenvalue weighted by atomic mass is 10.1. The predicted octanol–water partition coefficient (Wildman–Crippen LogP) is 3.10. The molecule has 212 valence electrons. The van der Waals surface area contributed by atoms with E-state index in [1.165, 1.54) is 4.90 Å². The van der Waals surface area contributed by atoms with Crippen molar-refractivity contribution < 1.29 is 32.2 Å². The second-order valence-corrected chi connectivity index (χ2v) is 11.8. The average Bonchev–Trinajstić information content (AvgIpc) is 3.43. The molecule has 2 aliphatic rings. The SMILES string of the molecule is CC[C@@H](C(=O)NC1CCCC1)N(Cc1cccc(OC)c1)C(=O)CN(c1ccc2c(c1)OCCO2)S(C)(=O)=O. The summed E-state index contributed by atoms with van der Waals surface area (Å²) in [7, 11) is -2.30. The quantitative estimate of drug-likeness (QED) is 0.450. The van der Waals surface area contributed by atoms with E-state index in [-0.39, 0.29) is 24.2 Å². The first-order chi connectivity index (χ1) is 18.7. The largest absolute Gasteiger partial charge is 0.497 e. The highest BCUT2D eigenvalue weighted by atomic mass is 32.2.